The molecule has 0 radical (unpaired) electrons. The zero-order valence-electron chi connectivity index (χ0n) is 8.95. The Morgan fingerprint density at radius 3 is 2.59 bits per heavy atom. The lowest BCUT2D eigenvalue weighted by Gasteiger charge is -2.08. The van der Waals surface area contributed by atoms with Crippen molar-refractivity contribution in [3.05, 3.63) is 33.3 Å². The molecular formula is C11H12BrClF3N. The minimum absolute atomic E-state index is 0.0810. The van der Waals surface area contributed by atoms with E-state index < -0.39 is 12.6 Å². The molecule has 0 atom stereocenters. The summed E-state index contributed by atoms with van der Waals surface area (Å²) in [6.45, 7) is 0.801. The molecule has 0 unspecified atom stereocenters. The van der Waals surface area contributed by atoms with E-state index >= 15 is 0 Å². The van der Waals surface area contributed by atoms with Gasteiger partial charge in [0.15, 0.2) is 0 Å². The number of benzene rings is 1. The lowest BCUT2D eigenvalue weighted by Crippen LogP contribution is -2.17. The van der Waals surface area contributed by atoms with E-state index in [0.717, 1.165) is 10.0 Å². The van der Waals surface area contributed by atoms with Gasteiger partial charge in [0.05, 0.1) is 0 Å². The maximum atomic E-state index is 11.9. The quantitative estimate of drug-likeness (QED) is 0.782. The molecule has 0 aromatic heterocycles. The van der Waals surface area contributed by atoms with Gasteiger partial charge >= 0.3 is 6.18 Å². The number of nitrogens with one attached hydrogen (secondary N) is 1. The average Bonchev–Trinajstić information content (AvgIpc) is 2.18. The Kier molecular flexibility index (Phi) is 5.76. The number of rotatable bonds is 5. The van der Waals surface area contributed by atoms with Crippen LogP contribution < -0.4 is 5.32 Å². The molecule has 96 valence electrons. The Morgan fingerprint density at radius 1 is 1.29 bits per heavy atom. The van der Waals surface area contributed by atoms with Crippen LogP contribution in [0.5, 0.6) is 0 Å². The number of halogens is 5. The fourth-order valence-electron chi connectivity index (χ4n) is 1.30. The first-order chi connectivity index (χ1) is 7.88. The summed E-state index contributed by atoms with van der Waals surface area (Å²) in [6.07, 6.45) is -4.75. The van der Waals surface area contributed by atoms with Crippen molar-refractivity contribution in [1.82, 2.24) is 5.32 Å². The van der Waals surface area contributed by atoms with Crippen LogP contribution >= 0.6 is 27.5 Å². The van der Waals surface area contributed by atoms with Gasteiger partial charge in [-0.25, -0.2) is 0 Å². The van der Waals surface area contributed by atoms with Crippen LogP contribution in [0.4, 0.5) is 13.2 Å². The topological polar surface area (TPSA) is 12.0 Å². The van der Waals surface area contributed by atoms with Gasteiger partial charge in [-0.15, -0.1) is 0 Å². The van der Waals surface area contributed by atoms with Gasteiger partial charge in [0.1, 0.15) is 0 Å². The van der Waals surface area contributed by atoms with Crippen LogP contribution in [-0.4, -0.2) is 12.7 Å². The van der Waals surface area contributed by atoms with Gasteiger partial charge in [-0.1, -0.05) is 33.6 Å². The molecule has 0 saturated heterocycles. The standard InChI is InChI=1S/C11H12BrClF3N/c12-9-3-2-8(10(13)6-9)7-17-5-1-4-11(14,15)16/h2-3,6,17H,1,4-5,7H2. The molecule has 0 bridgehead atoms. The summed E-state index contributed by atoms with van der Waals surface area (Å²) in [4.78, 5) is 0. The van der Waals surface area contributed by atoms with Crippen LogP contribution in [0.15, 0.2) is 22.7 Å². The molecule has 1 N–H and O–H groups in total. The fraction of sp³-hybridized carbons (Fsp3) is 0.455. The van der Waals surface area contributed by atoms with Crippen LogP contribution in [0.25, 0.3) is 0 Å². The van der Waals surface area contributed by atoms with Crippen molar-refractivity contribution in [3.8, 4) is 0 Å². The second-order valence-corrected chi connectivity index (χ2v) is 4.95. The average molecular weight is 331 g/mol. The van der Waals surface area contributed by atoms with E-state index in [4.69, 9.17) is 11.6 Å². The summed E-state index contributed by atoms with van der Waals surface area (Å²) >= 11 is 9.25. The Balaban J connectivity index is 2.27. The fourth-order valence-corrected chi connectivity index (χ4v) is 2.04. The molecular weight excluding hydrogens is 318 g/mol. The van der Waals surface area contributed by atoms with Crippen LogP contribution in [0.1, 0.15) is 18.4 Å². The van der Waals surface area contributed by atoms with Gasteiger partial charge in [-0.3, -0.25) is 0 Å². The molecule has 0 amide bonds. The highest BCUT2D eigenvalue weighted by Crippen LogP contribution is 2.22. The zero-order valence-corrected chi connectivity index (χ0v) is 11.3. The van der Waals surface area contributed by atoms with Gasteiger partial charge in [-0.05, 0) is 30.7 Å². The molecule has 0 saturated carbocycles. The van der Waals surface area contributed by atoms with E-state index in [1.54, 1.807) is 6.07 Å². The minimum atomic E-state index is -4.07. The van der Waals surface area contributed by atoms with Crippen LogP contribution in [0.2, 0.25) is 5.02 Å². The van der Waals surface area contributed by atoms with Crippen LogP contribution in [0, 0.1) is 0 Å². The van der Waals surface area contributed by atoms with Crippen LogP contribution in [-0.2, 0) is 6.54 Å². The number of hydrogen-bond acceptors (Lipinski definition) is 1. The summed E-state index contributed by atoms with van der Waals surface area (Å²) in [7, 11) is 0. The van der Waals surface area contributed by atoms with Gasteiger partial charge in [0, 0.05) is 22.5 Å². The smallest absolute Gasteiger partial charge is 0.313 e. The van der Waals surface area contributed by atoms with E-state index in [2.05, 4.69) is 21.2 Å². The third kappa shape index (κ3) is 6.29. The molecule has 1 rings (SSSR count). The summed E-state index contributed by atoms with van der Waals surface area (Å²) in [5.41, 5.74) is 0.877. The highest BCUT2D eigenvalue weighted by atomic mass is 79.9. The molecule has 0 fully saturated rings. The Bertz CT molecular complexity index is 368. The predicted molar refractivity (Wildman–Crippen MR) is 66.1 cm³/mol. The maximum Gasteiger partial charge on any atom is 0.389 e. The van der Waals surface area contributed by atoms with E-state index in [-0.39, 0.29) is 6.42 Å². The van der Waals surface area contributed by atoms with Gasteiger partial charge in [0.2, 0.25) is 0 Å². The van der Waals surface area contributed by atoms with Crippen molar-refractivity contribution in [1.29, 1.82) is 0 Å². The minimum Gasteiger partial charge on any atom is -0.313 e. The summed E-state index contributed by atoms with van der Waals surface area (Å²) in [5.74, 6) is 0. The van der Waals surface area contributed by atoms with Gasteiger partial charge < -0.3 is 5.32 Å². The number of hydrogen-bond donors (Lipinski definition) is 1. The molecule has 6 heteroatoms. The monoisotopic (exact) mass is 329 g/mol. The molecule has 0 heterocycles. The second kappa shape index (κ2) is 6.61. The maximum absolute atomic E-state index is 11.9. The first-order valence-corrected chi connectivity index (χ1v) is 6.27. The molecule has 1 aromatic rings. The van der Waals surface area contributed by atoms with Gasteiger partial charge in [-0.2, -0.15) is 13.2 Å². The molecule has 0 spiro atoms. The normalized spacial score (nSPS) is 11.8. The predicted octanol–water partition coefficient (Wildman–Crippen LogP) is 4.53. The summed E-state index contributed by atoms with van der Waals surface area (Å²) in [5, 5.41) is 3.53. The van der Waals surface area contributed by atoms with Crippen molar-refractivity contribution in [2.24, 2.45) is 0 Å². The van der Waals surface area contributed by atoms with Crippen molar-refractivity contribution < 1.29 is 13.2 Å². The largest absolute Gasteiger partial charge is 0.389 e. The molecule has 0 aliphatic rings. The number of alkyl halides is 3. The third-order valence-electron chi connectivity index (χ3n) is 2.14. The Morgan fingerprint density at radius 2 is 2.00 bits per heavy atom. The molecule has 17 heavy (non-hydrogen) atoms. The van der Waals surface area contributed by atoms with Crippen molar-refractivity contribution in [3.63, 3.8) is 0 Å². The highest BCUT2D eigenvalue weighted by Gasteiger charge is 2.25. The Labute approximate surface area is 111 Å². The van der Waals surface area contributed by atoms with Crippen LogP contribution in [0.3, 0.4) is 0 Å². The van der Waals surface area contributed by atoms with Crippen molar-refractivity contribution in [2.45, 2.75) is 25.6 Å². The second-order valence-electron chi connectivity index (χ2n) is 3.63. The molecule has 1 nitrogen and oxygen atoms in total. The first kappa shape index (κ1) is 14.8. The third-order valence-corrected chi connectivity index (χ3v) is 2.99. The zero-order chi connectivity index (χ0) is 12.9. The van der Waals surface area contributed by atoms with Gasteiger partial charge in [0.25, 0.3) is 0 Å². The lowest BCUT2D eigenvalue weighted by molar-refractivity contribution is -0.135. The summed E-state index contributed by atoms with van der Waals surface area (Å²) < 4.78 is 36.5. The molecule has 0 aliphatic heterocycles. The van der Waals surface area contributed by atoms with Crippen molar-refractivity contribution >= 4 is 27.5 Å². The SMILES string of the molecule is FC(F)(F)CCCNCc1ccc(Br)cc1Cl. The van der Waals surface area contributed by atoms with E-state index in [1.165, 1.54) is 0 Å². The summed E-state index contributed by atoms with van der Waals surface area (Å²) in [6, 6.07) is 5.44. The van der Waals surface area contributed by atoms with E-state index in [1.807, 2.05) is 12.1 Å². The van der Waals surface area contributed by atoms with E-state index in [9.17, 15) is 13.2 Å². The van der Waals surface area contributed by atoms with E-state index in [0.29, 0.717) is 18.1 Å². The highest BCUT2D eigenvalue weighted by molar-refractivity contribution is 9.10. The lowest BCUT2D eigenvalue weighted by atomic mass is 10.2. The first-order valence-electron chi connectivity index (χ1n) is 5.10. The molecule has 1 aromatic carbocycles. The van der Waals surface area contributed by atoms with Crippen molar-refractivity contribution in [2.75, 3.05) is 6.54 Å². The molecule has 0 aliphatic carbocycles. The Hall–Kier alpha value is -0.260.